The molecule has 0 aliphatic heterocycles. The van der Waals surface area contributed by atoms with E-state index in [0.29, 0.717) is 11.4 Å². The van der Waals surface area contributed by atoms with Gasteiger partial charge < -0.3 is 21.3 Å². The van der Waals surface area contributed by atoms with Crippen molar-refractivity contribution in [1.29, 1.82) is 0 Å². The SMILES string of the molecule is Cc1cc(C)c(Nc2ncc(C(F)(F)F)cc2NC(C)C)cc1Nc1ncc(C(F)(F)F)cc1NC(C)C. The molecule has 1 aromatic carbocycles. The molecule has 0 bridgehead atoms. The lowest BCUT2D eigenvalue weighted by atomic mass is 10.1. The summed E-state index contributed by atoms with van der Waals surface area (Å²) >= 11 is 0. The largest absolute Gasteiger partial charge is 0.417 e. The lowest BCUT2D eigenvalue weighted by molar-refractivity contribution is -0.138. The molecule has 0 saturated carbocycles. The Morgan fingerprint density at radius 1 is 0.579 bits per heavy atom. The van der Waals surface area contributed by atoms with Gasteiger partial charge in [-0.1, -0.05) is 6.07 Å². The Labute approximate surface area is 217 Å². The molecular formula is C26H30F6N6. The number of rotatable bonds is 8. The lowest BCUT2D eigenvalue weighted by Crippen LogP contribution is -2.15. The number of aryl methyl sites for hydroxylation is 2. The third kappa shape index (κ3) is 7.20. The van der Waals surface area contributed by atoms with Crippen LogP contribution in [0.2, 0.25) is 0 Å². The minimum absolute atomic E-state index is 0.158. The maximum atomic E-state index is 13.3. The standard InChI is InChI=1S/C26H30F6N6/c1-13(2)35-21-8-17(25(27,28)29)11-33-23(21)37-19-10-20(16(6)7-15(19)5)38-24-22(36-14(3)4)9-18(12-34-24)26(30,31)32/h7-14,35-36H,1-6H3,(H,33,37)(H,34,38). The number of anilines is 6. The van der Waals surface area contributed by atoms with Crippen molar-refractivity contribution < 1.29 is 26.3 Å². The van der Waals surface area contributed by atoms with Crippen LogP contribution in [0.25, 0.3) is 0 Å². The molecule has 6 nitrogen and oxygen atoms in total. The van der Waals surface area contributed by atoms with Gasteiger partial charge in [0, 0.05) is 35.9 Å². The second kappa shape index (κ2) is 11.0. The molecule has 38 heavy (non-hydrogen) atoms. The minimum Gasteiger partial charge on any atom is -0.380 e. The van der Waals surface area contributed by atoms with Crippen LogP contribution in [0.15, 0.2) is 36.7 Å². The van der Waals surface area contributed by atoms with Crippen LogP contribution in [-0.4, -0.2) is 22.1 Å². The Bertz CT molecular complexity index is 1190. The molecule has 0 aliphatic carbocycles. The highest BCUT2D eigenvalue weighted by atomic mass is 19.4. The van der Waals surface area contributed by atoms with Gasteiger partial charge in [0.2, 0.25) is 0 Å². The van der Waals surface area contributed by atoms with Gasteiger partial charge in [-0.15, -0.1) is 0 Å². The number of halogens is 6. The molecule has 0 fully saturated rings. The second-order valence-corrected chi connectivity index (χ2v) is 9.57. The fourth-order valence-corrected chi connectivity index (χ4v) is 3.66. The number of benzene rings is 1. The fraction of sp³-hybridized carbons (Fsp3) is 0.385. The van der Waals surface area contributed by atoms with Crippen molar-refractivity contribution in [2.24, 2.45) is 0 Å². The van der Waals surface area contributed by atoms with E-state index in [-0.39, 0.29) is 35.1 Å². The first-order valence-corrected chi connectivity index (χ1v) is 11.9. The fourth-order valence-electron chi connectivity index (χ4n) is 3.66. The summed E-state index contributed by atoms with van der Waals surface area (Å²) in [7, 11) is 0. The molecule has 0 atom stereocenters. The van der Waals surface area contributed by atoms with Gasteiger partial charge in [-0.05, 0) is 70.9 Å². The molecule has 2 heterocycles. The molecule has 3 rings (SSSR count). The van der Waals surface area contributed by atoms with Crippen molar-refractivity contribution in [3.8, 4) is 0 Å². The zero-order valence-electron chi connectivity index (χ0n) is 21.8. The molecule has 206 valence electrons. The van der Waals surface area contributed by atoms with E-state index in [0.717, 1.165) is 35.7 Å². The molecule has 2 aromatic heterocycles. The summed E-state index contributed by atoms with van der Waals surface area (Å²) in [5.74, 6) is 0.388. The maximum Gasteiger partial charge on any atom is 0.417 e. The minimum atomic E-state index is -4.55. The second-order valence-electron chi connectivity index (χ2n) is 9.57. The average molecular weight is 541 g/mol. The monoisotopic (exact) mass is 540 g/mol. The third-order valence-electron chi connectivity index (χ3n) is 5.40. The smallest absolute Gasteiger partial charge is 0.380 e. The van der Waals surface area contributed by atoms with Crippen molar-refractivity contribution in [2.75, 3.05) is 21.3 Å². The summed E-state index contributed by atoms with van der Waals surface area (Å²) in [6.45, 7) is 10.8. The van der Waals surface area contributed by atoms with Crippen molar-refractivity contribution in [2.45, 2.75) is 66.0 Å². The van der Waals surface area contributed by atoms with Crippen molar-refractivity contribution in [3.05, 3.63) is 58.9 Å². The van der Waals surface area contributed by atoms with E-state index >= 15 is 0 Å². The van der Waals surface area contributed by atoms with E-state index in [4.69, 9.17) is 0 Å². The number of hydrogen-bond acceptors (Lipinski definition) is 6. The predicted molar refractivity (Wildman–Crippen MR) is 138 cm³/mol. The summed E-state index contributed by atoms with van der Waals surface area (Å²) in [5.41, 5.74) is 1.25. The topological polar surface area (TPSA) is 73.9 Å². The zero-order chi connectivity index (χ0) is 28.4. The summed E-state index contributed by atoms with van der Waals surface area (Å²) in [6, 6.07) is 5.22. The van der Waals surface area contributed by atoms with Crippen LogP contribution < -0.4 is 21.3 Å². The Morgan fingerprint density at radius 2 is 0.947 bits per heavy atom. The first-order valence-electron chi connectivity index (χ1n) is 11.9. The molecule has 0 radical (unpaired) electrons. The Kier molecular flexibility index (Phi) is 8.33. The summed E-state index contributed by atoms with van der Waals surface area (Å²) in [5, 5.41) is 12.1. The lowest BCUT2D eigenvalue weighted by Gasteiger charge is -2.21. The Balaban J connectivity index is 2.00. The molecule has 0 spiro atoms. The number of pyridine rings is 2. The molecule has 12 heteroatoms. The molecule has 0 aliphatic rings. The highest BCUT2D eigenvalue weighted by molar-refractivity contribution is 5.79. The molecule has 0 saturated heterocycles. The number of aromatic nitrogens is 2. The van der Waals surface area contributed by atoms with Crippen LogP contribution in [-0.2, 0) is 12.4 Å². The predicted octanol–water partition coefficient (Wildman–Crippen LogP) is 8.26. The van der Waals surface area contributed by atoms with Crippen molar-refractivity contribution in [3.63, 3.8) is 0 Å². The summed E-state index contributed by atoms with van der Waals surface area (Å²) in [4.78, 5) is 8.01. The van der Waals surface area contributed by atoms with E-state index in [2.05, 4.69) is 31.2 Å². The highest BCUT2D eigenvalue weighted by Gasteiger charge is 2.33. The highest BCUT2D eigenvalue weighted by Crippen LogP contribution is 2.37. The van der Waals surface area contributed by atoms with Gasteiger partial charge in [-0.25, -0.2) is 9.97 Å². The first-order chi connectivity index (χ1) is 17.5. The van der Waals surface area contributed by atoms with Crippen LogP contribution in [0.3, 0.4) is 0 Å². The number of hydrogen-bond donors (Lipinski definition) is 4. The zero-order valence-corrected chi connectivity index (χ0v) is 21.8. The molecule has 3 aromatic rings. The van der Waals surface area contributed by atoms with E-state index in [1.807, 2.05) is 19.9 Å². The summed E-state index contributed by atoms with van der Waals surface area (Å²) < 4.78 is 79.6. The van der Waals surface area contributed by atoms with Gasteiger partial charge in [-0.3, -0.25) is 0 Å². The van der Waals surface area contributed by atoms with Crippen LogP contribution in [0.5, 0.6) is 0 Å². The average Bonchev–Trinajstić information content (AvgIpc) is 2.77. The van der Waals surface area contributed by atoms with Gasteiger partial charge in [-0.2, -0.15) is 26.3 Å². The molecule has 0 unspecified atom stereocenters. The van der Waals surface area contributed by atoms with Gasteiger partial charge >= 0.3 is 12.4 Å². The molecular weight excluding hydrogens is 510 g/mol. The normalized spacial score (nSPS) is 12.2. The van der Waals surface area contributed by atoms with E-state index < -0.39 is 23.5 Å². The number of alkyl halides is 6. The van der Waals surface area contributed by atoms with Crippen LogP contribution >= 0.6 is 0 Å². The first kappa shape index (κ1) is 28.9. The van der Waals surface area contributed by atoms with Crippen molar-refractivity contribution >= 4 is 34.4 Å². The molecule has 0 amide bonds. The van der Waals surface area contributed by atoms with Crippen molar-refractivity contribution in [1.82, 2.24) is 9.97 Å². The van der Waals surface area contributed by atoms with Gasteiger partial charge in [0.1, 0.15) is 0 Å². The van der Waals surface area contributed by atoms with E-state index in [1.165, 1.54) is 0 Å². The Morgan fingerprint density at radius 3 is 1.26 bits per heavy atom. The third-order valence-corrected chi connectivity index (χ3v) is 5.40. The van der Waals surface area contributed by atoms with Crippen LogP contribution in [0, 0.1) is 13.8 Å². The maximum absolute atomic E-state index is 13.3. The molecule has 4 N–H and O–H groups in total. The van der Waals surface area contributed by atoms with Gasteiger partial charge in [0.25, 0.3) is 0 Å². The van der Waals surface area contributed by atoms with Crippen LogP contribution in [0.4, 0.5) is 60.7 Å². The number of nitrogens with one attached hydrogen (secondary N) is 4. The van der Waals surface area contributed by atoms with Gasteiger partial charge in [0.05, 0.1) is 22.5 Å². The van der Waals surface area contributed by atoms with E-state index in [9.17, 15) is 26.3 Å². The number of nitrogens with zero attached hydrogens (tertiary/aromatic N) is 2. The summed E-state index contributed by atoms with van der Waals surface area (Å²) in [6.07, 6.45) is -7.59. The quantitative estimate of drug-likeness (QED) is 0.216. The van der Waals surface area contributed by atoms with E-state index in [1.54, 1.807) is 33.8 Å². The van der Waals surface area contributed by atoms with Gasteiger partial charge in [0.15, 0.2) is 11.6 Å². The Hall–Kier alpha value is -3.70. The van der Waals surface area contributed by atoms with Crippen LogP contribution in [0.1, 0.15) is 49.9 Å².